The molecule has 0 saturated carbocycles. The number of carbonyl (C=O) groups is 1. The standard InChI is InChI=1S/C22H23N3O4/c1-27-19-8-7-15(13-20(19)28-2)22(26)25-11-9-17(10-12-25)29-21-18-6-4-3-5-16(18)14-23-24-21/h3-8,13-14,17H,9-12H2,1-2H3. The first-order chi connectivity index (χ1) is 14.2. The van der Waals surface area contributed by atoms with Crippen molar-refractivity contribution in [3.63, 3.8) is 0 Å². The minimum absolute atomic E-state index is 0.00422. The molecule has 7 heteroatoms. The van der Waals surface area contributed by atoms with Gasteiger partial charge in [0.25, 0.3) is 5.91 Å². The molecule has 1 aliphatic rings. The molecular formula is C22H23N3O4. The van der Waals surface area contributed by atoms with Crippen molar-refractivity contribution in [3.8, 4) is 17.4 Å². The Morgan fingerprint density at radius 2 is 1.79 bits per heavy atom. The molecule has 2 heterocycles. The second kappa shape index (κ2) is 8.34. The van der Waals surface area contributed by atoms with Crippen molar-refractivity contribution in [3.05, 3.63) is 54.2 Å². The third-order valence-electron chi connectivity index (χ3n) is 5.17. The summed E-state index contributed by atoms with van der Waals surface area (Å²) in [7, 11) is 3.13. The van der Waals surface area contributed by atoms with E-state index < -0.39 is 0 Å². The van der Waals surface area contributed by atoms with Crippen LogP contribution in [-0.2, 0) is 0 Å². The molecule has 0 atom stereocenters. The van der Waals surface area contributed by atoms with E-state index in [4.69, 9.17) is 14.2 Å². The van der Waals surface area contributed by atoms with Crippen LogP contribution in [0, 0.1) is 0 Å². The Balaban J connectivity index is 1.41. The van der Waals surface area contributed by atoms with Crippen molar-refractivity contribution in [2.45, 2.75) is 18.9 Å². The average molecular weight is 393 g/mol. The van der Waals surface area contributed by atoms with Gasteiger partial charge in [0.15, 0.2) is 11.5 Å². The Morgan fingerprint density at radius 3 is 2.55 bits per heavy atom. The SMILES string of the molecule is COc1ccc(C(=O)N2CCC(Oc3nncc4ccccc34)CC2)cc1OC. The Morgan fingerprint density at radius 1 is 1.03 bits per heavy atom. The number of hydrogen-bond acceptors (Lipinski definition) is 6. The molecule has 4 rings (SSSR count). The van der Waals surface area contributed by atoms with Gasteiger partial charge in [0.1, 0.15) is 6.10 Å². The van der Waals surface area contributed by atoms with E-state index in [0.29, 0.717) is 36.0 Å². The van der Waals surface area contributed by atoms with Gasteiger partial charge in [0, 0.05) is 42.3 Å². The smallest absolute Gasteiger partial charge is 0.253 e. The molecule has 1 fully saturated rings. The van der Waals surface area contributed by atoms with E-state index in [2.05, 4.69) is 10.2 Å². The second-order valence-electron chi connectivity index (χ2n) is 6.92. The first kappa shape index (κ1) is 19.0. The molecule has 1 aromatic heterocycles. The van der Waals surface area contributed by atoms with Gasteiger partial charge in [0.2, 0.25) is 5.88 Å². The zero-order chi connectivity index (χ0) is 20.2. The van der Waals surface area contributed by atoms with Gasteiger partial charge in [-0.25, -0.2) is 0 Å². The van der Waals surface area contributed by atoms with Gasteiger partial charge in [-0.2, -0.15) is 5.10 Å². The van der Waals surface area contributed by atoms with E-state index in [-0.39, 0.29) is 12.0 Å². The molecule has 29 heavy (non-hydrogen) atoms. The Bertz CT molecular complexity index is 1010. The van der Waals surface area contributed by atoms with Gasteiger partial charge in [0.05, 0.1) is 20.4 Å². The number of hydrogen-bond donors (Lipinski definition) is 0. The third kappa shape index (κ3) is 3.94. The van der Waals surface area contributed by atoms with Gasteiger partial charge in [-0.15, -0.1) is 5.10 Å². The van der Waals surface area contributed by atoms with E-state index in [0.717, 1.165) is 23.6 Å². The zero-order valence-electron chi connectivity index (χ0n) is 16.5. The van der Waals surface area contributed by atoms with Gasteiger partial charge >= 0.3 is 0 Å². The van der Waals surface area contributed by atoms with Crippen LogP contribution in [0.5, 0.6) is 17.4 Å². The largest absolute Gasteiger partial charge is 0.493 e. The number of benzene rings is 2. The molecule has 0 aliphatic carbocycles. The van der Waals surface area contributed by atoms with E-state index in [1.54, 1.807) is 38.6 Å². The van der Waals surface area contributed by atoms with Gasteiger partial charge < -0.3 is 19.1 Å². The molecule has 150 valence electrons. The minimum atomic E-state index is -0.0191. The van der Waals surface area contributed by atoms with E-state index in [9.17, 15) is 4.79 Å². The van der Waals surface area contributed by atoms with E-state index in [1.807, 2.05) is 29.2 Å². The fraction of sp³-hybridized carbons (Fsp3) is 0.318. The lowest BCUT2D eigenvalue weighted by atomic mass is 10.1. The van der Waals surface area contributed by atoms with Crippen molar-refractivity contribution in [2.75, 3.05) is 27.3 Å². The maximum atomic E-state index is 12.9. The predicted octanol–water partition coefficient (Wildman–Crippen LogP) is 3.33. The third-order valence-corrected chi connectivity index (χ3v) is 5.17. The van der Waals surface area contributed by atoms with Gasteiger partial charge in [-0.1, -0.05) is 18.2 Å². The first-order valence-electron chi connectivity index (χ1n) is 9.58. The number of aromatic nitrogens is 2. The minimum Gasteiger partial charge on any atom is -0.493 e. The van der Waals surface area contributed by atoms with E-state index in [1.165, 1.54) is 0 Å². The summed E-state index contributed by atoms with van der Waals surface area (Å²) in [6.07, 6.45) is 3.21. The number of carbonyl (C=O) groups excluding carboxylic acids is 1. The summed E-state index contributed by atoms with van der Waals surface area (Å²) in [4.78, 5) is 14.7. The van der Waals surface area contributed by atoms with Crippen LogP contribution in [0.1, 0.15) is 23.2 Å². The summed E-state index contributed by atoms with van der Waals surface area (Å²) in [5.41, 5.74) is 0.585. The van der Waals surface area contributed by atoms with Crippen LogP contribution in [0.4, 0.5) is 0 Å². The number of nitrogens with zero attached hydrogens (tertiary/aromatic N) is 3. The number of methoxy groups -OCH3 is 2. The highest BCUT2D eigenvalue weighted by Crippen LogP contribution is 2.29. The number of ether oxygens (including phenoxy) is 3. The summed E-state index contributed by atoms with van der Waals surface area (Å²) in [6, 6.07) is 13.1. The van der Waals surface area contributed by atoms with E-state index >= 15 is 0 Å². The molecule has 1 aliphatic heterocycles. The number of rotatable bonds is 5. The lowest BCUT2D eigenvalue weighted by Crippen LogP contribution is -2.41. The van der Waals surface area contributed by atoms with Crippen LogP contribution in [0.25, 0.3) is 10.8 Å². The molecular weight excluding hydrogens is 370 g/mol. The van der Waals surface area contributed by atoms with Gasteiger partial charge in [-0.3, -0.25) is 4.79 Å². The molecule has 1 saturated heterocycles. The summed E-state index contributed by atoms with van der Waals surface area (Å²) < 4.78 is 16.7. The summed E-state index contributed by atoms with van der Waals surface area (Å²) in [5.74, 6) is 1.68. The summed E-state index contributed by atoms with van der Waals surface area (Å²) >= 11 is 0. The maximum absolute atomic E-state index is 12.9. The van der Waals surface area contributed by atoms with Gasteiger partial charge in [-0.05, 0) is 24.3 Å². The topological polar surface area (TPSA) is 73.8 Å². The summed E-state index contributed by atoms with van der Waals surface area (Å²) in [6.45, 7) is 1.24. The van der Waals surface area contributed by atoms with Crippen LogP contribution in [-0.4, -0.2) is 54.4 Å². The lowest BCUT2D eigenvalue weighted by molar-refractivity contribution is 0.0588. The normalized spacial score (nSPS) is 14.6. The molecule has 3 aromatic rings. The lowest BCUT2D eigenvalue weighted by Gasteiger charge is -2.32. The van der Waals surface area contributed by atoms with Crippen molar-refractivity contribution >= 4 is 16.7 Å². The quantitative estimate of drug-likeness (QED) is 0.662. The molecule has 0 spiro atoms. The molecule has 0 radical (unpaired) electrons. The van der Waals surface area contributed by atoms with Crippen LogP contribution < -0.4 is 14.2 Å². The highest BCUT2D eigenvalue weighted by Gasteiger charge is 2.26. The maximum Gasteiger partial charge on any atom is 0.253 e. The van der Waals surface area contributed by atoms with Crippen LogP contribution in [0.15, 0.2) is 48.7 Å². The van der Waals surface area contributed by atoms with Crippen molar-refractivity contribution < 1.29 is 19.0 Å². The molecule has 1 amide bonds. The number of fused-ring (bicyclic) bond motifs is 1. The number of piperidine rings is 1. The molecule has 0 unspecified atom stereocenters. The van der Waals surface area contributed by atoms with Crippen molar-refractivity contribution in [1.82, 2.24) is 15.1 Å². The Hall–Kier alpha value is -3.35. The van der Waals surface area contributed by atoms with Crippen molar-refractivity contribution in [1.29, 1.82) is 0 Å². The van der Waals surface area contributed by atoms with Crippen LogP contribution in [0.2, 0.25) is 0 Å². The fourth-order valence-corrected chi connectivity index (χ4v) is 3.58. The number of amides is 1. The number of likely N-dealkylation sites (tertiary alicyclic amines) is 1. The Kier molecular flexibility index (Phi) is 5.46. The fourth-order valence-electron chi connectivity index (χ4n) is 3.58. The first-order valence-corrected chi connectivity index (χ1v) is 9.58. The molecule has 7 nitrogen and oxygen atoms in total. The zero-order valence-corrected chi connectivity index (χ0v) is 16.5. The molecule has 0 N–H and O–H groups in total. The highest BCUT2D eigenvalue weighted by atomic mass is 16.5. The van der Waals surface area contributed by atoms with Crippen molar-refractivity contribution in [2.24, 2.45) is 0 Å². The monoisotopic (exact) mass is 393 g/mol. The van der Waals surface area contributed by atoms with Crippen LogP contribution in [0.3, 0.4) is 0 Å². The highest BCUT2D eigenvalue weighted by molar-refractivity contribution is 5.95. The molecule has 0 bridgehead atoms. The predicted molar refractivity (Wildman–Crippen MR) is 109 cm³/mol. The second-order valence-corrected chi connectivity index (χ2v) is 6.92. The van der Waals surface area contributed by atoms with Crippen LogP contribution >= 0.6 is 0 Å². The average Bonchev–Trinajstić information content (AvgIpc) is 2.79. The summed E-state index contributed by atoms with van der Waals surface area (Å²) in [5, 5.41) is 10.1. The Labute approximate surface area is 169 Å². The molecule has 2 aromatic carbocycles.